The van der Waals surface area contributed by atoms with Crippen LogP contribution in [-0.4, -0.2) is 16.2 Å². The second-order valence-electron chi connectivity index (χ2n) is 2.36. The van der Waals surface area contributed by atoms with E-state index in [9.17, 15) is 13.6 Å². The molecule has 5 heteroatoms. The van der Waals surface area contributed by atoms with Crippen molar-refractivity contribution in [3.05, 3.63) is 34.9 Å². The van der Waals surface area contributed by atoms with Gasteiger partial charge in [-0.25, -0.2) is 13.6 Å². The zero-order chi connectivity index (χ0) is 10.0. The third-order valence-corrected chi connectivity index (χ3v) is 1.56. The maximum atomic E-state index is 13.0. The van der Waals surface area contributed by atoms with Crippen molar-refractivity contribution in [1.29, 1.82) is 0 Å². The molecule has 2 N–H and O–H groups in total. The minimum atomic E-state index is -1.69. The predicted molar refractivity (Wildman–Crippen MR) is 39.2 cm³/mol. The van der Waals surface area contributed by atoms with Crippen LogP contribution in [0.15, 0.2) is 12.1 Å². The van der Waals surface area contributed by atoms with E-state index in [4.69, 9.17) is 10.2 Å². The molecule has 0 bridgehead atoms. The Kier molecular flexibility index (Phi) is 2.57. The summed E-state index contributed by atoms with van der Waals surface area (Å²) in [4.78, 5) is 10.3. The van der Waals surface area contributed by atoms with Crippen LogP contribution in [0.3, 0.4) is 0 Å². The highest BCUT2D eigenvalue weighted by molar-refractivity contribution is 5.88. The first-order valence-corrected chi connectivity index (χ1v) is 3.39. The topological polar surface area (TPSA) is 57.5 Å². The van der Waals surface area contributed by atoms with Crippen molar-refractivity contribution < 1.29 is 23.8 Å². The molecule has 0 aliphatic carbocycles. The molecule has 0 amide bonds. The zero-order valence-corrected chi connectivity index (χ0v) is 6.42. The smallest absolute Gasteiger partial charge is 0.341 e. The largest absolute Gasteiger partial charge is 0.477 e. The van der Waals surface area contributed by atoms with Crippen LogP contribution in [0.5, 0.6) is 0 Å². The van der Waals surface area contributed by atoms with Crippen LogP contribution < -0.4 is 0 Å². The summed E-state index contributed by atoms with van der Waals surface area (Å²) in [7, 11) is 0. The third kappa shape index (κ3) is 1.65. The van der Waals surface area contributed by atoms with Gasteiger partial charge >= 0.3 is 5.97 Å². The summed E-state index contributed by atoms with van der Waals surface area (Å²) >= 11 is 0. The lowest BCUT2D eigenvalue weighted by molar-refractivity contribution is 0.0686. The molecule has 70 valence electrons. The minimum Gasteiger partial charge on any atom is -0.477 e. The molecule has 13 heavy (non-hydrogen) atoms. The van der Waals surface area contributed by atoms with Crippen molar-refractivity contribution >= 4 is 5.97 Å². The number of aliphatic hydroxyl groups is 1. The maximum Gasteiger partial charge on any atom is 0.341 e. The molecule has 0 radical (unpaired) electrons. The van der Waals surface area contributed by atoms with Gasteiger partial charge in [-0.1, -0.05) is 6.07 Å². The highest BCUT2D eigenvalue weighted by Crippen LogP contribution is 2.16. The Labute approximate surface area is 72.2 Å². The molecule has 0 atom stereocenters. The van der Waals surface area contributed by atoms with E-state index < -0.39 is 29.8 Å². The van der Waals surface area contributed by atoms with Gasteiger partial charge in [-0.15, -0.1) is 0 Å². The number of halogens is 2. The molecular weight excluding hydrogens is 182 g/mol. The van der Waals surface area contributed by atoms with Crippen LogP contribution in [0, 0.1) is 11.6 Å². The quantitative estimate of drug-likeness (QED) is 0.732. The van der Waals surface area contributed by atoms with Crippen LogP contribution in [-0.2, 0) is 6.61 Å². The van der Waals surface area contributed by atoms with E-state index >= 15 is 0 Å². The van der Waals surface area contributed by atoms with E-state index in [1.54, 1.807) is 0 Å². The van der Waals surface area contributed by atoms with E-state index in [0.717, 1.165) is 12.1 Å². The van der Waals surface area contributed by atoms with Crippen LogP contribution in [0.4, 0.5) is 8.78 Å². The van der Waals surface area contributed by atoms with Gasteiger partial charge in [-0.2, -0.15) is 0 Å². The predicted octanol–water partition coefficient (Wildman–Crippen LogP) is 1.16. The lowest BCUT2D eigenvalue weighted by atomic mass is 10.1. The number of carbonyl (C=O) groups is 1. The average molecular weight is 188 g/mol. The Bertz CT molecular complexity index is 349. The summed E-state index contributed by atoms with van der Waals surface area (Å²) in [6.45, 7) is -0.660. The van der Waals surface area contributed by atoms with Gasteiger partial charge in [0.2, 0.25) is 0 Å². The lowest BCUT2D eigenvalue weighted by Gasteiger charge is -2.03. The van der Waals surface area contributed by atoms with Crippen molar-refractivity contribution in [2.45, 2.75) is 6.61 Å². The molecule has 0 aromatic heterocycles. The highest BCUT2D eigenvalue weighted by atomic mass is 19.1. The first-order valence-electron chi connectivity index (χ1n) is 3.39. The highest BCUT2D eigenvalue weighted by Gasteiger charge is 2.18. The fourth-order valence-electron chi connectivity index (χ4n) is 0.914. The minimum absolute atomic E-state index is 0.237. The third-order valence-electron chi connectivity index (χ3n) is 1.56. The number of rotatable bonds is 2. The Hall–Kier alpha value is -1.49. The lowest BCUT2D eigenvalue weighted by Crippen LogP contribution is -2.07. The maximum absolute atomic E-state index is 13.0. The van der Waals surface area contributed by atoms with Crippen molar-refractivity contribution in [3.8, 4) is 0 Å². The number of aromatic carboxylic acids is 1. The molecule has 0 fully saturated rings. The molecule has 1 aromatic rings. The SMILES string of the molecule is O=C(O)c1c(F)ccc(CO)c1F. The Morgan fingerprint density at radius 2 is 2.00 bits per heavy atom. The van der Waals surface area contributed by atoms with E-state index in [1.807, 2.05) is 0 Å². The van der Waals surface area contributed by atoms with Crippen molar-refractivity contribution in [1.82, 2.24) is 0 Å². The standard InChI is InChI=1S/C8H6F2O3/c9-5-2-1-4(3-11)7(10)6(5)8(12)13/h1-2,11H,3H2,(H,12,13). The van der Waals surface area contributed by atoms with E-state index in [2.05, 4.69) is 0 Å². The van der Waals surface area contributed by atoms with E-state index in [-0.39, 0.29) is 5.56 Å². The second-order valence-corrected chi connectivity index (χ2v) is 2.36. The van der Waals surface area contributed by atoms with Gasteiger partial charge in [-0.3, -0.25) is 0 Å². The van der Waals surface area contributed by atoms with Gasteiger partial charge < -0.3 is 10.2 Å². The summed E-state index contributed by atoms with van der Waals surface area (Å²) in [5.74, 6) is -4.07. The van der Waals surface area contributed by atoms with Gasteiger partial charge in [0.15, 0.2) is 0 Å². The number of carboxylic acids is 1. The van der Waals surface area contributed by atoms with Gasteiger partial charge in [-0.05, 0) is 6.07 Å². The summed E-state index contributed by atoms with van der Waals surface area (Å²) in [5.41, 5.74) is -1.27. The van der Waals surface area contributed by atoms with Crippen LogP contribution in [0.25, 0.3) is 0 Å². The molecule has 0 saturated carbocycles. The molecule has 0 aliphatic heterocycles. The molecule has 1 aromatic carbocycles. The fourth-order valence-corrected chi connectivity index (χ4v) is 0.914. The number of carboxylic acid groups (broad SMARTS) is 1. The van der Waals surface area contributed by atoms with E-state index in [0.29, 0.717) is 0 Å². The summed E-state index contributed by atoms with van der Waals surface area (Å²) in [6.07, 6.45) is 0. The molecular formula is C8H6F2O3. The Balaban J connectivity index is 3.38. The molecule has 0 unspecified atom stereocenters. The van der Waals surface area contributed by atoms with Gasteiger partial charge in [0.25, 0.3) is 0 Å². The van der Waals surface area contributed by atoms with Crippen molar-refractivity contribution in [2.24, 2.45) is 0 Å². The van der Waals surface area contributed by atoms with Gasteiger partial charge in [0, 0.05) is 5.56 Å². The number of benzene rings is 1. The molecule has 0 aliphatic rings. The molecule has 3 nitrogen and oxygen atoms in total. The van der Waals surface area contributed by atoms with Crippen molar-refractivity contribution in [2.75, 3.05) is 0 Å². The van der Waals surface area contributed by atoms with Gasteiger partial charge in [0.05, 0.1) is 6.61 Å². The monoisotopic (exact) mass is 188 g/mol. The van der Waals surface area contributed by atoms with Crippen LogP contribution in [0.2, 0.25) is 0 Å². The van der Waals surface area contributed by atoms with Crippen molar-refractivity contribution in [3.63, 3.8) is 0 Å². The van der Waals surface area contributed by atoms with Crippen LogP contribution >= 0.6 is 0 Å². The van der Waals surface area contributed by atoms with Gasteiger partial charge in [0.1, 0.15) is 17.2 Å². The zero-order valence-electron chi connectivity index (χ0n) is 6.42. The summed E-state index contributed by atoms with van der Waals surface area (Å²) in [5, 5.41) is 17.0. The summed E-state index contributed by atoms with van der Waals surface area (Å²) < 4.78 is 25.7. The molecule has 1 rings (SSSR count). The summed E-state index contributed by atoms with van der Waals surface area (Å²) in [6, 6.07) is 1.80. The first kappa shape index (κ1) is 9.60. The Morgan fingerprint density at radius 1 is 1.38 bits per heavy atom. The van der Waals surface area contributed by atoms with E-state index in [1.165, 1.54) is 0 Å². The number of hydrogen-bond donors (Lipinski definition) is 2. The first-order chi connectivity index (χ1) is 6.07. The molecule has 0 spiro atoms. The second kappa shape index (κ2) is 3.49. The molecule has 0 saturated heterocycles. The van der Waals surface area contributed by atoms with Crippen LogP contribution in [0.1, 0.15) is 15.9 Å². The average Bonchev–Trinajstić information content (AvgIpc) is 2.04. The Morgan fingerprint density at radius 3 is 2.46 bits per heavy atom. The normalized spacial score (nSPS) is 10.1. The molecule has 0 heterocycles. The fraction of sp³-hybridized carbons (Fsp3) is 0.125. The number of hydrogen-bond acceptors (Lipinski definition) is 2. The number of aliphatic hydroxyl groups excluding tert-OH is 1.